The Hall–Kier alpha value is -1.53. The van der Waals surface area contributed by atoms with Gasteiger partial charge in [0.15, 0.2) is 0 Å². The van der Waals surface area contributed by atoms with E-state index in [4.69, 9.17) is 4.74 Å². The van der Waals surface area contributed by atoms with Crippen molar-refractivity contribution >= 4 is 0 Å². The predicted molar refractivity (Wildman–Crippen MR) is 80.9 cm³/mol. The SMILES string of the molecule is Cc1cc(C)c(OCCC(C)(C#N)NC2CC2)c(C)c1. The normalized spacial score (nSPS) is 17.4. The topological polar surface area (TPSA) is 45.0 Å². The van der Waals surface area contributed by atoms with Crippen LogP contribution in [0, 0.1) is 32.1 Å². The zero-order chi connectivity index (χ0) is 14.8. The molecule has 1 fully saturated rings. The molecule has 1 unspecified atom stereocenters. The summed E-state index contributed by atoms with van der Waals surface area (Å²) in [6.45, 7) is 8.76. The minimum Gasteiger partial charge on any atom is -0.493 e. The molecule has 1 atom stereocenters. The monoisotopic (exact) mass is 272 g/mol. The van der Waals surface area contributed by atoms with E-state index in [1.807, 2.05) is 6.92 Å². The van der Waals surface area contributed by atoms with E-state index in [1.54, 1.807) is 0 Å². The van der Waals surface area contributed by atoms with Gasteiger partial charge >= 0.3 is 0 Å². The lowest BCUT2D eigenvalue weighted by molar-refractivity contribution is 0.263. The second-order valence-corrected chi connectivity index (χ2v) is 6.19. The Labute approximate surface area is 121 Å². The summed E-state index contributed by atoms with van der Waals surface area (Å²) in [5, 5.41) is 12.7. The van der Waals surface area contributed by atoms with E-state index in [0.29, 0.717) is 19.1 Å². The number of ether oxygens (including phenoxy) is 1. The van der Waals surface area contributed by atoms with Gasteiger partial charge < -0.3 is 4.74 Å². The highest BCUT2D eigenvalue weighted by Gasteiger charge is 2.32. The largest absolute Gasteiger partial charge is 0.493 e. The van der Waals surface area contributed by atoms with Crippen LogP contribution in [0.5, 0.6) is 5.75 Å². The quantitative estimate of drug-likeness (QED) is 0.863. The molecule has 0 spiro atoms. The third-order valence-electron chi connectivity index (χ3n) is 3.80. The van der Waals surface area contributed by atoms with Crippen molar-refractivity contribution < 1.29 is 4.74 Å². The number of nitrogens with one attached hydrogen (secondary N) is 1. The van der Waals surface area contributed by atoms with Crippen LogP contribution in [-0.4, -0.2) is 18.2 Å². The summed E-state index contributed by atoms with van der Waals surface area (Å²) < 4.78 is 5.93. The molecule has 0 aromatic heterocycles. The summed E-state index contributed by atoms with van der Waals surface area (Å²) >= 11 is 0. The molecule has 1 N–H and O–H groups in total. The Morgan fingerprint density at radius 2 is 1.90 bits per heavy atom. The lowest BCUT2D eigenvalue weighted by Gasteiger charge is -2.24. The molecule has 3 heteroatoms. The summed E-state index contributed by atoms with van der Waals surface area (Å²) in [4.78, 5) is 0. The second kappa shape index (κ2) is 5.85. The molecule has 1 aromatic carbocycles. The fourth-order valence-corrected chi connectivity index (χ4v) is 2.59. The minimum absolute atomic E-state index is 0.478. The number of nitrogens with zero attached hydrogens (tertiary/aromatic N) is 1. The number of aryl methyl sites for hydroxylation is 3. The van der Waals surface area contributed by atoms with Gasteiger partial charge in [-0.05, 0) is 51.7 Å². The number of nitriles is 1. The first-order valence-electron chi connectivity index (χ1n) is 7.33. The zero-order valence-electron chi connectivity index (χ0n) is 12.9. The summed E-state index contributed by atoms with van der Waals surface area (Å²) in [6, 6.07) is 7.18. The first-order valence-corrected chi connectivity index (χ1v) is 7.33. The molecule has 1 aliphatic carbocycles. The van der Waals surface area contributed by atoms with E-state index in [1.165, 1.54) is 18.4 Å². The molecule has 0 aliphatic heterocycles. The minimum atomic E-state index is -0.478. The molecular weight excluding hydrogens is 248 g/mol. The molecule has 0 radical (unpaired) electrons. The Balaban J connectivity index is 1.93. The molecule has 1 aliphatic rings. The average Bonchev–Trinajstić information content (AvgIpc) is 3.16. The molecule has 0 bridgehead atoms. The molecule has 1 saturated carbocycles. The van der Waals surface area contributed by atoms with Crippen molar-refractivity contribution in [3.8, 4) is 11.8 Å². The second-order valence-electron chi connectivity index (χ2n) is 6.19. The van der Waals surface area contributed by atoms with Crippen LogP contribution in [0.2, 0.25) is 0 Å². The molecule has 108 valence electrons. The number of rotatable bonds is 6. The third kappa shape index (κ3) is 3.74. The third-order valence-corrected chi connectivity index (χ3v) is 3.80. The molecule has 2 rings (SSSR count). The van der Waals surface area contributed by atoms with Gasteiger partial charge in [0, 0.05) is 12.5 Å². The fourth-order valence-electron chi connectivity index (χ4n) is 2.59. The van der Waals surface area contributed by atoms with E-state index < -0.39 is 5.54 Å². The Morgan fingerprint density at radius 3 is 2.40 bits per heavy atom. The molecule has 3 nitrogen and oxygen atoms in total. The molecule has 1 aromatic rings. The van der Waals surface area contributed by atoms with Crippen LogP contribution in [0.3, 0.4) is 0 Å². The van der Waals surface area contributed by atoms with Crippen molar-refractivity contribution in [1.82, 2.24) is 5.32 Å². The number of hydrogen-bond donors (Lipinski definition) is 1. The van der Waals surface area contributed by atoms with Gasteiger partial charge in [-0.2, -0.15) is 5.26 Å². The van der Waals surface area contributed by atoms with Crippen LogP contribution in [0.1, 0.15) is 42.9 Å². The predicted octanol–water partition coefficient (Wildman–Crippen LogP) is 3.42. The summed E-state index contributed by atoms with van der Waals surface area (Å²) in [5.41, 5.74) is 3.10. The van der Waals surface area contributed by atoms with Crippen molar-refractivity contribution in [2.45, 2.75) is 58.5 Å². The summed E-state index contributed by atoms with van der Waals surface area (Å²) in [5.74, 6) is 0.960. The Morgan fingerprint density at radius 1 is 1.30 bits per heavy atom. The maximum atomic E-state index is 9.34. The average molecular weight is 272 g/mol. The van der Waals surface area contributed by atoms with Crippen molar-refractivity contribution in [2.75, 3.05) is 6.61 Å². The van der Waals surface area contributed by atoms with Gasteiger partial charge in [-0.1, -0.05) is 17.7 Å². The van der Waals surface area contributed by atoms with Crippen molar-refractivity contribution in [1.29, 1.82) is 5.26 Å². The summed E-state index contributed by atoms with van der Waals surface area (Å²) in [6.07, 6.45) is 3.08. The van der Waals surface area contributed by atoms with E-state index >= 15 is 0 Å². The van der Waals surface area contributed by atoms with Gasteiger partial charge in [-0.15, -0.1) is 0 Å². The molecule has 0 saturated heterocycles. The fraction of sp³-hybridized carbons (Fsp3) is 0.588. The standard InChI is InChI=1S/C17H24N2O/c1-12-9-13(2)16(14(3)10-12)20-8-7-17(4,11-18)19-15-5-6-15/h9-10,15,19H,5-8H2,1-4H3. The maximum absolute atomic E-state index is 9.34. The lowest BCUT2D eigenvalue weighted by atomic mass is 10.0. The van der Waals surface area contributed by atoms with Crippen LogP contribution in [0.15, 0.2) is 12.1 Å². The van der Waals surface area contributed by atoms with Gasteiger partial charge in [-0.25, -0.2) is 0 Å². The number of hydrogen-bond acceptors (Lipinski definition) is 3. The first-order chi connectivity index (χ1) is 9.43. The van der Waals surface area contributed by atoms with Crippen LogP contribution >= 0.6 is 0 Å². The van der Waals surface area contributed by atoms with E-state index in [-0.39, 0.29) is 0 Å². The Kier molecular flexibility index (Phi) is 4.35. The van der Waals surface area contributed by atoms with Crippen LogP contribution in [-0.2, 0) is 0 Å². The molecule has 20 heavy (non-hydrogen) atoms. The zero-order valence-corrected chi connectivity index (χ0v) is 12.9. The van der Waals surface area contributed by atoms with Gasteiger partial charge in [0.2, 0.25) is 0 Å². The highest BCUT2D eigenvalue weighted by molar-refractivity contribution is 5.42. The molecule has 0 heterocycles. The van der Waals surface area contributed by atoms with Gasteiger partial charge in [0.1, 0.15) is 11.3 Å². The number of benzene rings is 1. The molecular formula is C17H24N2O. The van der Waals surface area contributed by atoms with Gasteiger partial charge in [0.25, 0.3) is 0 Å². The van der Waals surface area contributed by atoms with Crippen molar-refractivity contribution in [2.24, 2.45) is 0 Å². The van der Waals surface area contributed by atoms with Crippen molar-refractivity contribution in [3.63, 3.8) is 0 Å². The van der Waals surface area contributed by atoms with Crippen molar-refractivity contribution in [3.05, 3.63) is 28.8 Å². The van der Waals surface area contributed by atoms with Crippen LogP contribution in [0.25, 0.3) is 0 Å². The van der Waals surface area contributed by atoms with Gasteiger partial charge in [0.05, 0.1) is 12.7 Å². The first kappa shape index (κ1) is 14.9. The smallest absolute Gasteiger partial charge is 0.125 e. The highest BCUT2D eigenvalue weighted by Crippen LogP contribution is 2.26. The van der Waals surface area contributed by atoms with E-state index in [2.05, 4.69) is 44.3 Å². The van der Waals surface area contributed by atoms with E-state index in [9.17, 15) is 5.26 Å². The maximum Gasteiger partial charge on any atom is 0.125 e. The highest BCUT2D eigenvalue weighted by atomic mass is 16.5. The summed E-state index contributed by atoms with van der Waals surface area (Å²) in [7, 11) is 0. The van der Waals surface area contributed by atoms with Gasteiger partial charge in [-0.3, -0.25) is 5.32 Å². The molecule has 0 amide bonds. The van der Waals surface area contributed by atoms with Crippen LogP contribution in [0.4, 0.5) is 0 Å². The van der Waals surface area contributed by atoms with E-state index in [0.717, 1.165) is 16.9 Å². The Bertz CT molecular complexity index is 505. The lowest BCUT2D eigenvalue weighted by Crippen LogP contribution is -2.43. The van der Waals surface area contributed by atoms with Crippen LogP contribution < -0.4 is 10.1 Å².